The second-order valence-electron chi connectivity index (χ2n) is 30.1. The predicted octanol–water partition coefficient (Wildman–Crippen LogP) is 12.0. The first-order chi connectivity index (χ1) is 61.3. The van der Waals surface area contributed by atoms with E-state index in [9.17, 15) is 24.0 Å². The Hall–Kier alpha value is -11.8. The second kappa shape index (κ2) is 46.4. The number of hydrogen-bond acceptors (Lipinski definition) is 29. The summed E-state index contributed by atoms with van der Waals surface area (Å²) in [5, 5.41) is 0. The molecule has 4 aliphatic heterocycles. The Balaban J connectivity index is 0.970. The van der Waals surface area contributed by atoms with Gasteiger partial charge < -0.3 is 99.5 Å². The summed E-state index contributed by atoms with van der Waals surface area (Å²) >= 11 is 0. The number of carbonyl (C=O) groups excluding carboxylic acids is 8. The topological polar surface area (TPSA) is 330 Å². The van der Waals surface area contributed by atoms with Gasteiger partial charge in [-0.05, 0) is 69.8 Å². The second-order valence-corrected chi connectivity index (χ2v) is 30.1. The van der Waals surface area contributed by atoms with Crippen LogP contribution in [0.15, 0.2) is 273 Å². The number of ether oxygens (including phenoxy) is 21. The molecule has 4 fully saturated rings. The zero-order chi connectivity index (χ0) is 88.1. The van der Waals surface area contributed by atoms with E-state index in [1.807, 2.05) is 182 Å². The largest absolute Gasteiger partial charge is 0.456 e. The fourth-order valence-corrected chi connectivity index (χ4v) is 14.9. The molecule has 13 rings (SSSR count). The maximum atomic E-state index is 15.2. The summed E-state index contributed by atoms with van der Waals surface area (Å²) in [6, 6.07) is 79.5. The predicted molar refractivity (Wildman–Crippen MR) is 445 cm³/mol. The fraction of sp³-hybridized carbons (Fsp3) is 0.361. The van der Waals surface area contributed by atoms with Gasteiger partial charge in [-0.3, -0.25) is 24.0 Å². The fourth-order valence-electron chi connectivity index (χ4n) is 14.9. The first kappa shape index (κ1) is 91.9. The Morgan fingerprint density at radius 2 is 0.452 bits per heavy atom. The minimum Gasteiger partial charge on any atom is -0.456 e. The van der Waals surface area contributed by atoms with Crippen molar-refractivity contribution in [2.24, 2.45) is 0 Å². The van der Waals surface area contributed by atoms with Crippen molar-refractivity contribution in [2.45, 2.75) is 197 Å². The molecule has 0 aromatic heterocycles. The van der Waals surface area contributed by atoms with E-state index in [0.29, 0.717) is 5.56 Å². The van der Waals surface area contributed by atoms with Crippen molar-refractivity contribution in [1.82, 2.24) is 0 Å². The van der Waals surface area contributed by atoms with E-state index in [4.69, 9.17) is 99.5 Å². The summed E-state index contributed by atoms with van der Waals surface area (Å²) in [6.07, 6.45) is -32.7. The van der Waals surface area contributed by atoms with Gasteiger partial charge in [0.05, 0.1) is 82.8 Å². The summed E-state index contributed by atoms with van der Waals surface area (Å²) in [5.41, 5.74) is 4.55. The number of rotatable bonds is 39. The maximum Gasteiger partial charge on any atom is 0.338 e. The maximum absolute atomic E-state index is 15.2. The highest BCUT2D eigenvalue weighted by atomic mass is 16.8. The lowest BCUT2D eigenvalue weighted by Crippen LogP contribution is -2.67. The van der Waals surface area contributed by atoms with E-state index in [2.05, 4.69) is 0 Å². The highest BCUT2D eigenvalue weighted by Gasteiger charge is 2.60. The van der Waals surface area contributed by atoms with Gasteiger partial charge in [-0.2, -0.15) is 0 Å². The highest BCUT2D eigenvalue weighted by molar-refractivity contribution is 5.91. The molecule has 20 atom stereocenters. The molecule has 0 bridgehead atoms. The van der Waals surface area contributed by atoms with Gasteiger partial charge in [-0.15, -0.1) is 0 Å². The Morgan fingerprint density at radius 3 is 0.810 bits per heavy atom. The zero-order valence-electron chi connectivity index (χ0n) is 69.9. The number of benzene rings is 9. The quantitative estimate of drug-likeness (QED) is 0.0255. The molecule has 126 heavy (non-hydrogen) atoms. The van der Waals surface area contributed by atoms with Crippen molar-refractivity contribution in [2.75, 3.05) is 26.4 Å². The molecule has 0 amide bonds. The Labute approximate surface area is 728 Å². The van der Waals surface area contributed by atoms with Crippen LogP contribution in [0.25, 0.3) is 0 Å². The lowest BCUT2D eigenvalue weighted by molar-refractivity contribution is -0.384. The van der Waals surface area contributed by atoms with Crippen LogP contribution in [-0.4, -0.2) is 197 Å². The van der Waals surface area contributed by atoms with Gasteiger partial charge >= 0.3 is 47.8 Å². The average Bonchev–Trinajstić information content (AvgIpc) is 0.766. The molecule has 4 aliphatic rings. The molecule has 9 aromatic carbocycles. The third kappa shape index (κ3) is 26.2. The molecule has 662 valence electrons. The smallest absolute Gasteiger partial charge is 0.338 e. The van der Waals surface area contributed by atoms with Crippen LogP contribution in [0.4, 0.5) is 0 Å². The van der Waals surface area contributed by atoms with Crippen LogP contribution >= 0.6 is 0 Å². The minimum atomic E-state index is -2.07. The average molecular weight is 1730 g/mol. The molecule has 29 nitrogen and oxygen atoms in total. The molecule has 9 aromatic rings. The van der Waals surface area contributed by atoms with Crippen LogP contribution in [-0.2, 0) is 163 Å². The van der Waals surface area contributed by atoms with E-state index >= 15 is 14.4 Å². The van der Waals surface area contributed by atoms with E-state index in [1.54, 1.807) is 54.6 Å². The van der Waals surface area contributed by atoms with Crippen LogP contribution in [0.5, 0.6) is 0 Å². The molecular formula is C97H100O29. The number of esters is 8. The minimum absolute atomic E-state index is 0.0103. The van der Waals surface area contributed by atoms with Gasteiger partial charge in [0, 0.05) is 34.6 Å². The van der Waals surface area contributed by atoms with Crippen molar-refractivity contribution in [3.63, 3.8) is 0 Å². The van der Waals surface area contributed by atoms with E-state index in [1.165, 1.54) is 43.3 Å². The monoisotopic (exact) mass is 1730 g/mol. The third-order valence-electron chi connectivity index (χ3n) is 20.7. The molecule has 8 unspecified atom stereocenters. The summed E-state index contributed by atoms with van der Waals surface area (Å²) in [4.78, 5) is 112. The van der Waals surface area contributed by atoms with Crippen LogP contribution in [0.1, 0.15) is 99.1 Å². The number of hydrogen-bond donors (Lipinski definition) is 0. The first-order valence-electron chi connectivity index (χ1n) is 41.3. The van der Waals surface area contributed by atoms with Crippen LogP contribution < -0.4 is 0 Å². The van der Waals surface area contributed by atoms with Gasteiger partial charge in [-0.25, -0.2) is 14.4 Å². The molecule has 0 radical (unpaired) electrons. The lowest BCUT2D eigenvalue weighted by Gasteiger charge is -2.50. The van der Waals surface area contributed by atoms with Crippen LogP contribution in [0.2, 0.25) is 0 Å². The Kier molecular flexibility index (Phi) is 33.9. The van der Waals surface area contributed by atoms with Crippen LogP contribution in [0, 0.1) is 0 Å². The number of carbonyl (C=O) groups is 8. The van der Waals surface area contributed by atoms with Crippen molar-refractivity contribution >= 4 is 47.8 Å². The Bertz CT molecular complexity index is 4900. The zero-order valence-corrected chi connectivity index (χ0v) is 69.9. The van der Waals surface area contributed by atoms with Crippen molar-refractivity contribution in [1.29, 1.82) is 0 Å². The standard InChI is InChI=1S/C97H100O29/c1-61(98)114-81-77(122-96(118-65(5)102)90(117-64(4)101)85(81)115-62(2)99)59-113-95-89(125-93(105)74-49-31-14-32-50-74)86(124-92(104)73-47-29-13-30-48-73)82(123-91(103)72-45-27-12-28-46-72)78(120-95)60-112-94-87(83(110-55-70-41-23-10-24-42-70)79(108-53-68-37-19-8-20-38-68)75(119-94)57-106-51-66-33-15-6-16-34-66)126-97-88(116-63(3)100)84(111-56-71-43-25-11-26-44-71)80(109-54-69-39-21-9-22-40-69)76(121-97)58-107-52-67-35-17-7-18-36-67/h6-50,75-90,94-97H,51-60H2,1-5H3/t75?,76?,77?,78?,79-,80-,81-,82-,83+,84+,85+,86+,87?,88?,89?,90?,94+,95-,96-,97-/m1/s1. The first-order valence-corrected chi connectivity index (χ1v) is 41.3. The summed E-state index contributed by atoms with van der Waals surface area (Å²) in [7, 11) is 0. The SMILES string of the molecule is CC(=O)OC1[C@@H](OC2[C@@H](OCC3O[C@@H](OCC4O[C@@H](OC(C)=O)C(OC(C)=O)[C@@H](OC(C)=O)[C@@H]4OC(C)=O)C(OC(=O)c4ccccc4)[C@@H](OC(=O)c4ccccc4)[C@@H]3OC(=O)c3ccccc3)OC(COCc3ccccc3)[C@@H](OCc3ccccc3)[C@@H]2OCc2ccccc2)OC(COCc2ccccc2)[C@@H](OCc2ccccc2)[C@@H]1OCc1ccccc1. The molecule has 4 heterocycles. The third-order valence-corrected chi connectivity index (χ3v) is 20.7. The highest BCUT2D eigenvalue weighted by Crippen LogP contribution is 2.40. The van der Waals surface area contributed by atoms with Gasteiger partial charge in [0.1, 0.15) is 54.9 Å². The van der Waals surface area contributed by atoms with Gasteiger partial charge in [0.2, 0.25) is 12.4 Å². The molecule has 0 saturated carbocycles. The van der Waals surface area contributed by atoms with E-state index < -0.39 is 184 Å². The molecule has 0 N–H and O–H groups in total. The Morgan fingerprint density at radius 1 is 0.214 bits per heavy atom. The normalized spacial score (nSPS) is 25.8. The lowest BCUT2D eigenvalue weighted by atomic mass is 9.95. The van der Waals surface area contributed by atoms with Crippen molar-refractivity contribution < 1.29 is 138 Å². The van der Waals surface area contributed by atoms with Crippen LogP contribution in [0.3, 0.4) is 0 Å². The summed E-state index contributed by atoms with van der Waals surface area (Å²) in [5.74, 6) is -7.72. The van der Waals surface area contributed by atoms with Gasteiger partial charge in [0.25, 0.3) is 0 Å². The van der Waals surface area contributed by atoms with Crippen molar-refractivity contribution in [3.05, 3.63) is 323 Å². The molecule has 0 aliphatic carbocycles. The van der Waals surface area contributed by atoms with E-state index in [0.717, 1.165) is 55.5 Å². The molecule has 4 saturated heterocycles. The molecular weight excluding hydrogens is 1630 g/mol. The molecule has 0 spiro atoms. The molecule has 29 heteroatoms. The summed E-state index contributed by atoms with van der Waals surface area (Å²) in [6.45, 7) is 3.26. The van der Waals surface area contributed by atoms with Gasteiger partial charge in [-0.1, -0.05) is 237 Å². The summed E-state index contributed by atoms with van der Waals surface area (Å²) < 4.78 is 141. The van der Waals surface area contributed by atoms with Gasteiger partial charge in [0.15, 0.2) is 55.5 Å². The van der Waals surface area contributed by atoms with E-state index in [-0.39, 0.29) is 69.5 Å². The van der Waals surface area contributed by atoms with Crippen molar-refractivity contribution in [3.8, 4) is 0 Å².